The van der Waals surface area contributed by atoms with Crippen molar-refractivity contribution in [2.24, 2.45) is 0 Å². The van der Waals surface area contributed by atoms with Crippen molar-refractivity contribution < 1.29 is 4.42 Å². The van der Waals surface area contributed by atoms with Crippen LogP contribution in [0.15, 0.2) is 156 Å². The summed E-state index contributed by atoms with van der Waals surface area (Å²) in [5.74, 6) is 0.627. The lowest BCUT2D eigenvalue weighted by Gasteiger charge is -2.13. The lowest BCUT2D eigenvalue weighted by Crippen LogP contribution is -2.03. The van der Waals surface area contributed by atoms with Crippen LogP contribution in [0.25, 0.3) is 93.8 Å². The van der Waals surface area contributed by atoms with Gasteiger partial charge in [0.25, 0.3) is 0 Å². The van der Waals surface area contributed by atoms with Gasteiger partial charge in [-0.1, -0.05) is 121 Å². The van der Waals surface area contributed by atoms with Crippen LogP contribution in [-0.2, 0) is 0 Å². The number of nitrogens with zero attached hydrogens (tertiary/aromatic N) is 3. The molecule has 0 aliphatic heterocycles. The van der Waals surface area contributed by atoms with E-state index in [9.17, 15) is 0 Å². The third-order valence-electron chi connectivity index (χ3n) is 9.20. The predicted octanol–water partition coefficient (Wildman–Crippen LogP) is 11.1. The van der Waals surface area contributed by atoms with Crippen molar-refractivity contribution in [1.82, 2.24) is 14.5 Å². The lowest BCUT2D eigenvalue weighted by atomic mass is 9.94. The Hall–Kier alpha value is -6.26. The maximum atomic E-state index is 6.70. The molecule has 0 spiro atoms. The van der Waals surface area contributed by atoms with Gasteiger partial charge in [-0.25, -0.2) is 9.97 Å². The first-order chi connectivity index (χ1) is 22.8. The van der Waals surface area contributed by atoms with Crippen LogP contribution >= 0.6 is 0 Å². The molecule has 46 heavy (non-hydrogen) atoms. The Morgan fingerprint density at radius 3 is 1.91 bits per heavy atom. The van der Waals surface area contributed by atoms with E-state index in [4.69, 9.17) is 14.4 Å². The fraction of sp³-hybridized carbons (Fsp3) is 0. The van der Waals surface area contributed by atoms with Crippen molar-refractivity contribution in [2.45, 2.75) is 0 Å². The van der Waals surface area contributed by atoms with E-state index in [1.165, 1.54) is 10.8 Å². The molecule has 0 N–H and O–H groups in total. The van der Waals surface area contributed by atoms with E-state index in [0.29, 0.717) is 5.95 Å². The number of hydrogen-bond acceptors (Lipinski definition) is 3. The van der Waals surface area contributed by atoms with Gasteiger partial charge in [0.15, 0.2) is 0 Å². The van der Waals surface area contributed by atoms with Gasteiger partial charge in [0.05, 0.1) is 27.6 Å². The Kier molecular flexibility index (Phi) is 5.25. The van der Waals surface area contributed by atoms with Crippen LogP contribution in [0.1, 0.15) is 0 Å². The molecular formula is C42H25N3O. The molecule has 10 aromatic rings. The molecule has 3 aromatic heterocycles. The number of hydrogen-bond donors (Lipinski definition) is 0. The van der Waals surface area contributed by atoms with Gasteiger partial charge in [-0.3, -0.25) is 4.57 Å². The van der Waals surface area contributed by atoms with Crippen LogP contribution in [0, 0.1) is 0 Å². The van der Waals surface area contributed by atoms with E-state index in [1.54, 1.807) is 0 Å². The van der Waals surface area contributed by atoms with Crippen molar-refractivity contribution in [2.75, 3.05) is 0 Å². The Balaban J connectivity index is 1.43. The minimum absolute atomic E-state index is 0.627. The minimum atomic E-state index is 0.627. The van der Waals surface area contributed by atoms with E-state index in [2.05, 4.69) is 132 Å². The molecule has 0 aliphatic carbocycles. The zero-order valence-electron chi connectivity index (χ0n) is 24.7. The molecule has 0 atom stereocenters. The van der Waals surface area contributed by atoms with Crippen LogP contribution in [0.3, 0.4) is 0 Å². The highest BCUT2D eigenvalue weighted by Gasteiger charge is 2.24. The maximum Gasteiger partial charge on any atom is 0.235 e. The summed E-state index contributed by atoms with van der Waals surface area (Å²) in [6, 6.07) is 52.9. The van der Waals surface area contributed by atoms with Crippen LogP contribution in [0.5, 0.6) is 0 Å². The second-order valence-corrected chi connectivity index (χ2v) is 11.8. The zero-order chi connectivity index (χ0) is 30.2. The molecule has 0 aliphatic rings. The second-order valence-electron chi connectivity index (χ2n) is 11.8. The average molecular weight is 588 g/mol. The van der Waals surface area contributed by atoms with Crippen molar-refractivity contribution in [1.29, 1.82) is 0 Å². The van der Waals surface area contributed by atoms with Crippen LogP contribution in [0.2, 0.25) is 0 Å². The van der Waals surface area contributed by atoms with Crippen LogP contribution < -0.4 is 0 Å². The first-order valence-corrected chi connectivity index (χ1v) is 15.5. The molecule has 214 valence electrons. The molecular weight excluding hydrogens is 562 g/mol. The van der Waals surface area contributed by atoms with E-state index in [0.717, 1.165) is 77.0 Å². The summed E-state index contributed by atoms with van der Waals surface area (Å²) in [4.78, 5) is 10.6. The summed E-state index contributed by atoms with van der Waals surface area (Å²) >= 11 is 0. The summed E-state index contributed by atoms with van der Waals surface area (Å²) < 4.78 is 8.93. The molecule has 0 amide bonds. The topological polar surface area (TPSA) is 43.9 Å². The first-order valence-electron chi connectivity index (χ1n) is 15.5. The van der Waals surface area contributed by atoms with Crippen molar-refractivity contribution in [3.05, 3.63) is 152 Å². The third-order valence-corrected chi connectivity index (χ3v) is 9.20. The van der Waals surface area contributed by atoms with Crippen LogP contribution in [-0.4, -0.2) is 14.5 Å². The summed E-state index contributed by atoms with van der Waals surface area (Å²) in [5.41, 5.74) is 8.99. The summed E-state index contributed by atoms with van der Waals surface area (Å²) in [5, 5.41) is 7.79. The highest BCUT2D eigenvalue weighted by Crippen LogP contribution is 2.45. The summed E-state index contributed by atoms with van der Waals surface area (Å²) in [7, 11) is 0. The molecule has 7 aromatic carbocycles. The molecule has 0 bridgehead atoms. The standard InChI is InChI=1S/C42H25N3O/c1-3-13-26(14-4-1)33-25-36-38(30-19-8-7-17-28(30)33)39-35(24-23-31-29-18-10-12-22-37(29)46-41(31)39)45(36)42-43-34-21-11-9-20-32(34)40(44-42)27-15-5-2-6-16-27/h1-25H. The number of aromatic nitrogens is 3. The van der Waals surface area contributed by atoms with Gasteiger partial charge < -0.3 is 4.42 Å². The maximum absolute atomic E-state index is 6.70. The second kappa shape index (κ2) is 9.62. The van der Waals surface area contributed by atoms with E-state index < -0.39 is 0 Å². The van der Waals surface area contributed by atoms with E-state index >= 15 is 0 Å². The van der Waals surface area contributed by atoms with Gasteiger partial charge in [0.2, 0.25) is 5.95 Å². The van der Waals surface area contributed by atoms with Gasteiger partial charge in [0.1, 0.15) is 11.2 Å². The highest BCUT2D eigenvalue weighted by atomic mass is 16.3. The number of benzene rings is 7. The van der Waals surface area contributed by atoms with E-state index in [-0.39, 0.29) is 0 Å². The Morgan fingerprint density at radius 2 is 1.11 bits per heavy atom. The average Bonchev–Trinajstić information content (AvgIpc) is 3.67. The molecule has 4 heteroatoms. The first kappa shape index (κ1) is 25.1. The summed E-state index contributed by atoms with van der Waals surface area (Å²) in [6.45, 7) is 0. The van der Waals surface area contributed by atoms with Gasteiger partial charge >= 0.3 is 0 Å². The number of rotatable bonds is 3. The van der Waals surface area contributed by atoms with Crippen molar-refractivity contribution in [3.8, 4) is 28.3 Å². The molecule has 0 unspecified atom stereocenters. The van der Waals surface area contributed by atoms with Crippen molar-refractivity contribution >= 4 is 65.4 Å². The summed E-state index contributed by atoms with van der Waals surface area (Å²) in [6.07, 6.45) is 0. The molecule has 4 nitrogen and oxygen atoms in total. The molecule has 3 heterocycles. The Bertz CT molecular complexity index is 2790. The Labute approximate surface area is 263 Å². The predicted molar refractivity (Wildman–Crippen MR) is 190 cm³/mol. The van der Waals surface area contributed by atoms with Crippen molar-refractivity contribution in [3.63, 3.8) is 0 Å². The number of para-hydroxylation sites is 2. The molecule has 10 rings (SSSR count). The monoisotopic (exact) mass is 587 g/mol. The smallest absolute Gasteiger partial charge is 0.235 e. The van der Waals surface area contributed by atoms with Gasteiger partial charge in [-0.15, -0.1) is 0 Å². The quantitative estimate of drug-likeness (QED) is 0.207. The fourth-order valence-corrected chi connectivity index (χ4v) is 7.19. The highest BCUT2D eigenvalue weighted by molar-refractivity contribution is 6.31. The van der Waals surface area contributed by atoms with Crippen LogP contribution in [0.4, 0.5) is 0 Å². The number of fused-ring (bicyclic) bond motifs is 10. The van der Waals surface area contributed by atoms with Gasteiger partial charge in [0, 0.05) is 27.1 Å². The normalized spacial score (nSPS) is 11.9. The lowest BCUT2D eigenvalue weighted by molar-refractivity contribution is 0.673. The number of furan rings is 1. The van der Waals surface area contributed by atoms with E-state index in [1.807, 2.05) is 24.3 Å². The zero-order valence-corrected chi connectivity index (χ0v) is 24.7. The largest absolute Gasteiger partial charge is 0.455 e. The third kappa shape index (κ3) is 3.55. The van der Waals surface area contributed by atoms with Gasteiger partial charge in [-0.05, 0) is 52.2 Å². The molecule has 0 saturated carbocycles. The molecule has 0 fully saturated rings. The molecule has 0 saturated heterocycles. The molecule has 0 radical (unpaired) electrons. The Morgan fingerprint density at radius 1 is 0.457 bits per heavy atom. The fourth-order valence-electron chi connectivity index (χ4n) is 7.19. The minimum Gasteiger partial charge on any atom is -0.455 e. The SMILES string of the molecule is c1ccc(-c2nc(-n3c4cc(-c5ccccc5)c5ccccc5c4c4c5oc6ccccc6c5ccc43)nc3ccccc23)cc1. The van der Waals surface area contributed by atoms with Gasteiger partial charge in [-0.2, -0.15) is 0 Å².